The van der Waals surface area contributed by atoms with Crippen molar-refractivity contribution in [2.24, 2.45) is 9.98 Å². The summed E-state index contributed by atoms with van der Waals surface area (Å²) >= 11 is 0. The number of rotatable bonds is 8. The van der Waals surface area contributed by atoms with Gasteiger partial charge in [-0.1, -0.05) is 210 Å². The maximum atomic E-state index is 13.5. The van der Waals surface area contributed by atoms with E-state index in [4.69, 9.17) is 9.98 Å². The second kappa shape index (κ2) is 20.5. The van der Waals surface area contributed by atoms with Gasteiger partial charge in [-0.25, -0.2) is 0 Å². The van der Waals surface area contributed by atoms with E-state index in [-0.39, 0.29) is 58.1 Å². The van der Waals surface area contributed by atoms with Crippen molar-refractivity contribution in [2.75, 3.05) is 0 Å². The van der Waals surface area contributed by atoms with E-state index in [1.807, 2.05) is 39.8 Å². The van der Waals surface area contributed by atoms with Crippen molar-refractivity contribution in [3.63, 3.8) is 0 Å². The van der Waals surface area contributed by atoms with Gasteiger partial charge < -0.3 is 15.7 Å². The summed E-state index contributed by atoms with van der Waals surface area (Å²) in [4.78, 5) is 9.87. The molecule has 0 aromatic heterocycles. The van der Waals surface area contributed by atoms with Crippen molar-refractivity contribution >= 4 is 36.3 Å². The van der Waals surface area contributed by atoms with Gasteiger partial charge in [0.2, 0.25) is 0 Å². The third kappa shape index (κ3) is 13.8. The van der Waals surface area contributed by atoms with E-state index in [9.17, 15) is 10.2 Å². The molecule has 0 saturated heterocycles. The molecule has 0 fully saturated rings. The molecule has 1 N–H and O–H groups in total. The smallest absolute Gasteiger partial charge is 0.872 e. The van der Waals surface area contributed by atoms with Crippen LogP contribution in [-0.2, 0) is 41.1 Å². The van der Waals surface area contributed by atoms with Crippen molar-refractivity contribution in [1.29, 1.82) is 0 Å². The maximum absolute atomic E-state index is 13.5. The van der Waals surface area contributed by atoms with Gasteiger partial charge in [0.15, 0.2) is 0 Å². The third-order valence-electron chi connectivity index (χ3n) is 11.2. The first kappa shape index (κ1) is 53.2. The molecule has 0 amide bonds. The summed E-state index contributed by atoms with van der Waals surface area (Å²) in [6, 6.07) is 40.4. The van der Waals surface area contributed by atoms with Crippen LogP contribution in [0.3, 0.4) is 0 Å². The third-order valence-corrected chi connectivity index (χ3v) is 13.6. The molecule has 5 aromatic rings. The van der Waals surface area contributed by atoms with E-state index in [0.717, 1.165) is 22.3 Å². The van der Waals surface area contributed by atoms with Gasteiger partial charge in [0.1, 0.15) is 0 Å². The van der Waals surface area contributed by atoms with Crippen LogP contribution in [0.15, 0.2) is 125 Å². The van der Waals surface area contributed by atoms with Gasteiger partial charge in [0.05, 0.1) is 11.1 Å². The molecule has 0 aliphatic heterocycles. The molecule has 0 bridgehead atoms. The molecule has 0 spiro atoms. The van der Waals surface area contributed by atoms with Gasteiger partial charge in [0, 0.05) is 12.4 Å². The topological polar surface area (TPSA) is 101 Å². The minimum absolute atomic E-state index is 0. The average Bonchev–Trinajstić information content (AvgIpc) is 3.14. The van der Waals surface area contributed by atoms with Gasteiger partial charge in [-0.3, -0.25) is 9.98 Å². The molecule has 5 rings (SSSR count). The summed E-state index contributed by atoms with van der Waals surface area (Å²) in [5.74, 6) is 0.0390. The van der Waals surface area contributed by atoms with Crippen molar-refractivity contribution in [3.05, 3.63) is 149 Å². The van der Waals surface area contributed by atoms with Crippen molar-refractivity contribution in [2.45, 2.75) is 144 Å². The molecule has 0 saturated carbocycles. The molecule has 5 aromatic carbocycles. The zero-order valence-electron chi connectivity index (χ0n) is 39.6. The largest absolute Gasteiger partial charge is 3.00 e. The Bertz CT molecular complexity index is 2030. The fraction of sp³-hybridized carbons (Fsp3) is 0.407. The summed E-state index contributed by atoms with van der Waals surface area (Å²) in [6.07, 6.45) is 3.45. The van der Waals surface area contributed by atoms with Crippen molar-refractivity contribution < 1.29 is 35.2 Å². The van der Waals surface area contributed by atoms with Crippen LogP contribution >= 0.6 is 7.92 Å². The summed E-state index contributed by atoms with van der Waals surface area (Å²) in [5, 5.41) is 31.2. The molecule has 0 atom stereocenters. The molecule has 5 nitrogen and oxygen atoms in total. The van der Waals surface area contributed by atoms with Gasteiger partial charge in [-0.2, -0.15) is 0 Å². The zero-order valence-corrected chi connectivity index (χ0v) is 42.2. The fourth-order valence-corrected chi connectivity index (χ4v) is 8.74. The SMILES string of the molecule is CC(C)(C)c1cc(C=NC(C)(C)C(C)(C)N=Cc2cc(C(C)(C)C)cc(C(C)(C)C)c2[O-])c([O-])c(C(C)(C)C)c1.[OH-].[Ru+3].c1ccc(P(c2ccccc2)c2ccccc2)cc1. The Morgan fingerprint density at radius 2 is 0.672 bits per heavy atom. The number of nitrogens with zero attached hydrogens (tertiary/aromatic N) is 2. The molecule has 1 radical (unpaired) electrons. The van der Waals surface area contributed by atoms with Gasteiger partial charge >= 0.3 is 19.5 Å². The zero-order chi connectivity index (χ0) is 44.2. The summed E-state index contributed by atoms with van der Waals surface area (Å²) < 4.78 is 0. The average molecular weight is 927 g/mol. The Morgan fingerprint density at radius 3 is 0.902 bits per heavy atom. The first-order chi connectivity index (χ1) is 27.1. The van der Waals surface area contributed by atoms with E-state index in [0.29, 0.717) is 11.1 Å². The van der Waals surface area contributed by atoms with Crippen LogP contribution in [0.4, 0.5) is 0 Å². The quantitative estimate of drug-likeness (QED) is 0.0880. The minimum Gasteiger partial charge on any atom is -0.872 e. The predicted octanol–water partition coefficient (Wildman–Crippen LogP) is 11.4. The molecule has 0 aliphatic rings. The Morgan fingerprint density at radius 1 is 0.410 bits per heavy atom. The number of hydrogen-bond acceptors (Lipinski definition) is 5. The summed E-state index contributed by atoms with van der Waals surface area (Å²) in [7, 11) is -0.446. The number of benzene rings is 5. The van der Waals surface area contributed by atoms with E-state index in [2.05, 4.69) is 186 Å². The standard InChI is InChI=1S/C36H56N2O2.C18H15P.H2O.Ru/c1-31(2,3)25-17-23(29(39)27(19-25)33(7,8)9)21-37-35(13,14)36(15,16)38-22-24-18-26(32(4,5)6)20-28(30(24)40)34(10,11)12;1-4-10-16(11-5-1)19(17-12-6-2-7-13-17)18-14-8-3-9-15-18;;/h17-22,39-40H,1-16H3;1-15H;1H2;/q;;;+3/p-3. The monoisotopic (exact) mass is 927 g/mol. The number of aliphatic imine (C=N–C) groups is 2. The minimum atomic E-state index is -0.646. The molecular formula is C54H70N2O3PRu. The van der Waals surface area contributed by atoms with Crippen molar-refractivity contribution in [3.8, 4) is 11.5 Å². The molecule has 61 heavy (non-hydrogen) atoms. The van der Waals surface area contributed by atoms with E-state index >= 15 is 0 Å². The van der Waals surface area contributed by atoms with Crippen LogP contribution in [0.5, 0.6) is 11.5 Å². The van der Waals surface area contributed by atoms with E-state index in [1.165, 1.54) is 15.9 Å². The molecule has 327 valence electrons. The molecule has 0 unspecified atom stereocenters. The second-order valence-electron chi connectivity index (χ2n) is 20.9. The van der Waals surface area contributed by atoms with Crippen LogP contribution in [0.2, 0.25) is 0 Å². The first-order valence-corrected chi connectivity index (χ1v) is 22.3. The van der Waals surface area contributed by atoms with Crippen LogP contribution in [-0.4, -0.2) is 29.0 Å². The normalized spacial score (nSPS) is 12.8. The Balaban J connectivity index is 0.000000507. The van der Waals surface area contributed by atoms with Crippen molar-refractivity contribution in [1.82, 2.24) is 0 Å². The van der Waals surface area contributed by atoms with Crippen LogP contribution in [0.25, 0.3) is 0 Å². The van der Waals surface area contributed by atoms with Gasteiger partial charge in [0.25, 0.3) is 0 Å². The molecular weight excluding hydrogens is 857 g/mol. The van der Waals surface area contributed by atoms with Crippen LogP contribution < -0.4 is 26.1 Å². The van der Waals surface area contributed by atoms with Crippen LogP contribution in [0, 0.1) is 0 Å². The molecule has 0 heterocycles. The Hall–Kier alpha value is -3.95. The first-order valence-electron chi connectivity index (χ1n) is 20.9. The fourth-order valence-electron chi connectivity index (χ4n) is 6.43. The number of hydrogen-bond donors (Lipinski definition) is 0. The van der Waals surface area contributed by atoms with E-state index in [1.54, 1.807) is 12.4 Å². The second-order valence-corrected chi connectivity index (χ2v) is 23.1. The summed E-state index contributed by atoms with van der Waals surface area (Å²) in [6.45, 7) is 33.5. The molecule has 7 heteroatoms. The van der Waals surface area contributed by atoms with Crippen LogP contribution in [0.1, 0.15) is 144 Å². The van der Waals surface area contributed by atoms with Gasteiger partial charge in [-0.05, 0) is 107 Å². The molecule has 0 aliphatic carbocycles. The predicted molar refractivity (Wildman–Crippen MR) is 257 cm³/mol. The summed E-state index contributed by atoms with van der Waals surface area (Å²) in [5.41, 5.74) is 2.99. The maximum Gasteiger partial charge on any atom is 3.00 e. The Kier molecular flexibility index (Phi) is 17.9. The van der Waals surface area contributed by atoms with E-state index < -0.39 is 19.0 Å². The Labute approximate surface area is 383 Å². The van der Waals surface area contributed by atoms with Gasteiger partial charge in [-0.15, -0.1) is 0 Å².